The molecule has 3 rings (SSSR count). The van der Waals surface area contributed by atoms with Gasteiger partial charge in [-0.3, -0.25) is 9.59 Å². The molecule has 0 aliphatic carbocycles. The molecule has 1 aromatic heterocycles. The minimum Gasteiger partial charge on any atom is -0.490 e. The lowest BCUT2D eigenvalue weighted by molar-refractivity contribution is -0.142. The normalized spacial score (nSPS) is 11.6. The van der Waals surface area contributed by atoms with Gasteiger partial charge in [0.25, 0.3) is 5.91 Å². The Morgan fingerprint density at radius 3 is 2.59 bits per heavy atom. The van der Waals surface area contributed by atoms with Gasteiger partial charge < -0.3 is 29.1 Å². The molecule has 9 nitrogen and oxygen atoms in total. The minimum absolute atomic E-state index is 0.00217. The summed E-state index contributed by atoms with van der Waals surface area (Å²) in [6.45, 7) is 1.91. The van der Waals surface area contributed by atoms with Crippen molar-refractivity contribution in [3.63, 3.8) is 0 Å². The molecule has 34 heavy (non-hydrogen) atoms. The van der Waals surface area contributed by atoms with Crippen molar-refractivity contribution in [3.05, 3.63) is 59.0 Å². The van der Waals surface area contributed by atoms with Gasteiger partial charge >= 0.3 is 5.97 Å². The number of rotatable bonds is 12. The highest BCUT2D eigenvalue weighted by atomic mass is 32.2. The van der Waals surface area contributed by atoms with Crippen molar-refractivity contribution in [2.24, 2.45) is 0 Å². The lowest BCUT2D eigenvalue weighted by Gasteiger charge is -2.14. The summed E-state index contributed by atoms with van der Waals surface area (Å²) in [4.78, 5) is 36.2. The van der Waals surface area contributed by atoms with Crippen LogP contribution >= 0.6 is 11.8 Å². The quantitative estimate of drug-likeness (QED) is 0.393. The molecule has 0 saturated heterocycles. The molecule has 0 spiro atoms. The van der Waals surface area contributed by atoms with Crippen molar-refractivity contribution in [2.45, 2.75) is 19.4 Å². The van der Waals surface area contributed by atoms with Crippen molar-refractivity contribution in [2.75, 3.05) is 25.2 Å². The van der Waals surface area contributed by atoms with E-state index in [-0.39, 0.29) is 34.5 Å². The molecule has 0 bridgehead atoms. The van der Waals surface area contributed by atoms with E-state index < -0.39 is 17.9 Å². The van der Waals surface area contributed by atoms with Gasteiger partial charge in [-0.15, -0.1) is 0 Å². The van der Waals surface area contributed by atoms with Crippen molar-refractivity contribution < 1.29 is 33.3 Å². The number of carbonyl (C=O) groups excluding carboxylic acids is 1. The predicted octanol–water partition coefficient (Wildman–Crippen LogP) is 3.69. The number of nitrogens with one attached hydrogen (secondary N) is 1. The topological polar surface area (TPSA) is 124 Å². The maximum atomic E-state index is 12.9. The van der Waals surface area contributed by atoms with Gasteiger partial charge in [-0.2, -0.15) is 11.8 Å². The fourth-order valence-corrected chi connectivity index (χ4v) is 3.53. The molecule has 180 valence electrons. The molecule has 0 unspecified atom stereocenters. The van der Waals surface area contributed by atoms with Gasteiger partial charge in [-0.25, -0.2) is 4.79 Å². The summed E-state index contributed by atoms with van der Waals surface area (Å²) in [6, 6.07) is 10.5. The molecule has 0 fully saturated rings. The van der Waals surface area contributed by atoms with Crippen molar-refractivity contribution in [1.29, 1.82) is 0 Å². The number of amides is 1. The van der Waals surface area contributed by atoms with Crippen LogP contribution in [0, 0.1) is 0 Å². The first kappa shape index (κ1) is 25.0. The number of fused-ring (bicyclic) bond motifs is 1. The zero-order valence-corrected chi connectivity index (χ0v) is 19.6. The molecule has 1 heterocycles. The number of hydrogen-bond donors (Lipinski definition) is 2. The molecule has 0 radical (unpaired) electrons. The third kappa shape index (κ3) is 6.44. The summed E-state index contributed by atoms with van der Waals surface area (Å²) in [5.74, 6) is 0.118. The Morgan fingerprint density at radius 2 is 1.88 bits per heavy atom. The summed E-state index contributed by atoms with van der Waals surface area (Å²) in [7, 11) is 0. The van der Waals surface area contributed by atoms with Crippen molar-refractivity contribution in [1.82, 2.24) is 5.32 Å². The number of para-hydroxylation sites is 2. The van der Waals surface area contributed by atoms with E-state index in [2.05, 4.69) is 5.32 Å². The smallest absolute Gasteiger partial charge is 0.326 e. The third-order valence-corrected chi connectivity index (χ3v) is 5.34. The van der Waals surface area contributed by atoms with Gasteiger partial charge in [-0.1, -0.05) is 12.1 Å². The third-order valence-electron chi connectivity index (χ3n) is 4.70. The molecule has 3 aromatic rings. The molecular formula is C24H25NO8S. The molecule has 0 saturated carbocycles. The van der Waals surface area contributed by atoms with E-state index in [4.69, 9.17) is 18.6 Å². The monoisotopic (exact) mass is 487 g/mol. The standard InChI is InChI=1S/C24H25NO8S/c1-3-30-18-6-4-5-7-19(18)33-21-13-32-20-12-15(8-9-16(20)23(21)27)31-14-22(26)25-17(24(28)29)10-11-34-2/h4-9,12-13,17H,3,10-11,14H2,1-2H3,(H,25,26)(H,28,29)/t17-/m0/s1. The summed E-state index contributed by atoms with van der Waals surface area (Å²) in [6.07, 6.45) is 3.37. The first-order valence-corrected chi connectivity index (χ1v) is 11.9. The van der Waals surface area contributed by atoms with E-state index in [0.29, 0.717) is 30.3 Å². The number of ether oxygens (including phenoxy) is 3. The maximum absolute atomic E-state index is 12.9. The van der Waals surface area contributed by atoms with Crippen LogP contribution in [0.4, 0.5) is 0 Å². The van der Waals surface area contributed by atoms with Crippen LogP contribution in [0.2, 0.25) is 0 Å². The van der Waals surface area contributed by atoms with Crippen LogP contribution in [0.1, 0.15) is 13.3 Å². The molecule has 2 N–H and O–H groups in total. The van der Waals surface area contributed by atoms with Gasteiger partial charge in [-0.05, 0) is 49.6 Å². The average Bonchev–Trinajstić information content (AvgIpc) is 2.83. The van der Waals surface area contributed by atoms with Crippen LogP contribution in [-0.4, -0.2) is 48.2 Å². The zero-order chi connectivity index (χ0) is 24.5. The first-order chi connectivity index (χ1) is 16.4. The SMILES string of the molecule is CCOc1ccccc1Oc1coc2cc(OCC(=O)N[C@@H](CCSC)C(=O)O)ccc2c1=O. The molecular weight excluding hydrogens is 462 g/mol. The van der Waals surface area contributed by atoms with Crippen LogP contribution in [-0.2, 0) is 9.59 Å². The Bertz CT molecular complexity index is 1210. The average molecular weight is 488 g/mol. The second-order valence-corrected chi connectivity index (χ2v) is 8.08. The number of thioether (sulfide) groups is 1. The van der Waals surface area contributed by atoms with Gasteiger partial charge in [0.1, 0.15) is 23.6 Å². The van der Waals surface area contributed by atoms with Crippen LogP contribution < -0.4 is 25.0 Å². The molecule has 0 aliphatic heterocycles. The summed E-state index contributed by atoms with van der Waals surface area (Å²) < 4.78 is 22.3. The van der Waals surface area contributed by atoms with E-state index in [1.165, 1.54) is 36.2 Å². The predicted molar refractivity (Wildman–Crippen MR) is 128 cm³/mol. The summed E-state index contributed by atoms with van der Waals surface area (Å²) in [5.41, 5.74) is -0.133. The second kappa shape index (κ2) is 12.0. The summed E-state index contributed by atoms with van der Waals surface area (Å²) in [5, 5.41) is 11.9. The molecule has 1 amide bonds. The van der Waals surface area contributed by atoms with Crippen LogP contribution in [0.15, 0.2) is 57.9 Å². The number of aliphatic carboxylic acids is 1. The van der Waals surface area contributed by atoms with Crippen LogP contribution in [0.25, 0.3) is 11.0 Å². The molecule has 1 atom stereocenters. The summed E-state index contributed by atoms with van der Waals surface area (Å²) >= 11 is 1.49. The Kier molecular flexibility index (Phi) is 8.80. The van der Waals surface area contributed by atoms with Crippen LogP contribution in [0.5, 0.6) is 23.0 Å². The Balaban J connectivity index is 1.69. The number of carboxylic acid groups (broad SMARTS) is 1. The highest BCUT2D eigenvalue weighted by molar-refractivity contribution is 7.98. The molecule has 2 aromatic carbocycles. The highest BCUT2D eigenvalue weighted by Gasteiger charge is 2.20. The fraction of sp³-hybridized carbons (Fsp3) is 0.292. The highest BCUT2D eigenvalue weighted by Crippen LogP contribution is 2.31. The Morgan fingerprint density at radius 1 is 1.12 bits per heavy atom. The Hall–Kier alpha value is -3.66. The maximum Gasteiger partial charge on any atom is 0.326 e. The van der Waals surface area contributed by atoms with E-state index >= 15 is 0 Å². The molecule has 0 aliphatic rings. The van der Waals surface area contributed by atoms with Gasteiger partial charge in [0.15, 0.2) is 18.1 Å². The van der Waals surface area contributed by atoms with Crippen LogP contribution in [0.3, 0.4) is 0 Å². The minimum atomic E-state index is -1.10. The zero-order valence-electron chi connectivity index (χ0n) is 18.7. The van der Waals surface area contributed by atoms with E-state index in [1.807, 2.05) is 13.2 Å². The lowest BCUT2D eigenvalue weighted by Crippen LogP contribution is -2.43. The number of benzene rings is 2. The van der Waals surface area contributed by atoms with Gasteiger partial charge in [0, 0.05) is 6.07 Å². The largest absolute Gasteiger partial charge is 0.490 e. The second-order valence-electron chi connectivity index (χ2n) is 7.10. The van der Waals surface area contributed by atoms with Gasteiger partial charge in [0.2, 0.25) is 11.2 Å². The van der Waals surface area contributed by atoms with E-state index in [9.17, 15) is 19.5 Å². The Labute approximate surface area is 200 Å². The van der Waals surface area contributed by atoms with E-state index in [1.54, 1.807) is 24.3 Å². The van der Waals surface area contributed by atoms with Gasteiger partial charge in [0.05, 0.1) is 12.0 Å². The number of hydrogen-bond acceptors (Lipinski definition) is 8. The molecule has 10 heteroatoms. The van der Waals surface area contributed by atoms with Crippen molar-refractivity contribution in [3.8, 4) is 23.0 Å². The number of carboxylic acids is 1. The first-order valence-electron chi connectivity index (χ1n) is 10.5. The number of carbonyl (C=O) groups is 2. The lowest BCUT2D eigenvalue weighted by atomic mass is 10.2. The van der Waals surface area contributed by atoms with E-state index in [0.717, 1.165) is 0 Å². The fourth-order valence-electron chi connectivity index (χ4n) is 3.06. The van der Waals surface area contributed by atoms with Crippen molar-refractivity contribution >= 4 is 34.6 Å².